The fraction of sp³-hybridized carbons (Fsp3) is 0.387. The lowest BCUT2D eigenvalue weighted by Crippen LogP contribution is -2.08. The van der Waals surface area contributed by atoms with E-state index >= 15 is 0 Å². The van der Waals surface area contributed by atoms with Gasteiger partial charge in [-0.25, -0.2) is 13.2 Å². The lowest BCUT2D eigenvalue weighted by atomic mass is 10.0. The first-order chi connectivity index (χ1) is 18.9. The molecular formula is C31H32F5NO2. The quantitative estimate of drug-likeness (QED) is 0.0780. The molecule has 0 bridgehead atoms. The molecule has 8 heteroatoms. The van der Waals surface area contributed by atoms with Gasteiger partial charge < -0.3 is 9.47 Å². The lowest BCUT2D eigenvalue weighted by molar-refractivity contribution is 0.255. The molecule has 0 heterocycles. The summed E-state index contributed by atoms with van der Waals surface area (Å²) in [7, 11) is 0. The second-order valence-corrected chi connectivity index (χ2v) is 9.35. The Hall–Kier alpha value is -3.60. The van der Waals surface area contributed by atoms with Gasteiger partial charge in [-0.2, -0.15) is 14.0 Å². The molecule has 0 aromatic heterocycles. The molecule has 0 aliphatic carbocycles. The van der Waals surface area contributed by atoms with Crippen molar-refractivity contribution in [3.63, 3.8) is 0 Å². The summed E-state index contributed by atoms with van der Waals surface area (Å²) in [6, 6.07) is 17.5. The minimum atomic E-state index is -2.19. The van der Waals surface area contributed by atoms with E-state index in [2.05, 4.69) is 6.07 Å². The van der Waals surface area contributed by atoms with Crippen LogP contribution in [-0.2, 0) is 0 Å². The van der Waals surface area contributed by atoms with E-state index in [1.807, 2.05) is 36.4 Å². The van der Waals surface area contributed by atoms with Crippen molar-refractivity contribution in [3.05, 3.63) is 83.2 Å². The summed E-state index contributed by atoms with van der Waals surface area (Å²) in [5, 5.41) is 8.90. The molecule has 0 unspecified atom stereocenters. The van der Waals surface area contributed by atoms with Crippen LogP contribution in [0.5, 0.6) is 11.5 Å². The van der Waals surface area contributed by atoms with E-state index in [4.69, 9.17) is 14.7 Å². The predicted octanol–water partition coefficient (Wildman–Crippen LogP) is 9.28. The fourth-order valence-electron chi connectivity index (χ4n) is 4.17. The molecule has 39 heavy (non-hydrogen) atoms. The third-order valence-corrected chi connectivity index (χ3v) is 6.42. The molecule has 0 saturated carbocycles. The van der Waals surface area contributed by atoms with Crippen LogP contribution in [0.2, 0.25) is 0 Å². The fourth-order valence-corrected chi connectivity index (χ4v) is 4.17. The number of nitrogens with zero attached hydrogens (tertiary/aromatic N) is 1. The molecule has 0 atom stereocenters. The molecule has 3 rings (SSSR count). The van der Waals surface area contributed by atoms with Gasteiger partial charge in [0, 0.05) is 0 Å². The van der Waals surface area contributed by atoms with Crippen LogP contribution >= 0.6 is 0 Å². The van der Waals surface area contributed by atoms with E-state index < -0.39 is 34.8 Å². The average Bonchev–Trinajstić information content (AvgIpc) is 2.97. The number of benzene rings is 3. The summed E-state index contributed by atoms with van der Waals surface area (Å²) in [6.45, 7) is 0.561. The Morgan fingerprint density at radius 1 is 0.487 bits per heavy atom. The Morgan fingerprint density at radius 3 is 1.33 bits per heavy atom. The van der Waals surface area contributed by atoms with Crippen molar-refractivity contribution in [3.8, 4) is 28.7 Å². The molecular weight excluding hydrogens is 513 g/mol. The van der Waals surface area contributed by atoms with Gasteiger partial charge in [0.25, 0.3) is 0 Å². The summed E-state index contributed by atoms with van der Waals surface area (Å²) in [5.74, 6) is -10.4. The smallest absolute Gasteiger partial charge is 0.206 e. The van der Waals surface area contributed by atoms with E-state index in [9.17, 15) is 22.0 Å². The SMILES string of the molecule is N#Cc1ccc(-c2ccc(OCCCCCCCCCCCCOc3c(F)c(F)c(F)c(F)c3F)cc2)cc1. The third-order valence-electron chi connectivity index (χ3n) is 6.42. The topological polar surface area (TPSA) is 42.2 Å². The number of rotatable bonds is 16. The van der Waals surface area contributed by atoms with Gasteiger partial charge in [0.15, 0.2) is 5.75 Å². The molecule has 208 valence electrons. The number of ether oxygens (including phenoxy) is 2. The summed E-state index contributed by atoms with van der Waals surface area (Å²) >= 11 is 0. The summed E-state index contributed by atoms with van der Waals surface area (Å²) in [6.07, 6.45) is 9.72. The van der Waals surface area contributed by atoms with Crippen LogP contribution < -0.4 is 9.47 Å². The van der Waals surface area contributed by atoms with Crippen LogP contribution in [0.25, 0.3) is 11.1 Å². The average molecular weight is 546 g/mol. The molecule has 0 radical (unpaired) electrons. The van der Waals surface area contributed by atoms with Gasteiger partial charge in [0.2, 0.25) is 29.1 Å². The number of hydrogen-bond donors (Lipinski definition) is 0. The first kappa shape index (κ1) is 29.9. The molecule has 0 N–H and O–H groups in total. The highest BCUT2D eigenvalue weighted by atomic mass is 19.2. The van der Waals surface area contributed by atoms with Gasteiger partial charge in [0.05, 0.1) is 24.8 Å². The minimum absolute atomic E-state index is 0.109. The molecule has 0 aliphatic heterocycles. The van der Waals surface area contributed by atoms with Gasteiger partial charge in [-0.15, -0.1) is 0 Å². The van der Waals surface area contributed by atoms with Gasteiger partial charge in [-0.1, -0.05) is 75.6 Å². The predicted molar refractivity (Wildman–Crippen MR) is 140 cm³/mol. The Balaban J connectivity index is 1.16. The van der Waals surface area contributed by atoms with Crippen LogP contribution in [-0.4, -0.2) is 13.2 Å². The maximum absolute atomic E-state index is 13.6. The van der Waals surface area contributed by atoms with Crippen LogP contribution in [0, 0.1) is 40.4 Å². The zero-order valence-corrected chi connectivity index (χ0v) is 21.8. The molecule has 0 aliphatic rings. The van der Waals surface area contributed by atoms with Gasteiger partial charge >= 0.3 is 0 Å². The Kier molecular flexibility index (Phi) is 12.1. The van der Waals surface area contributed by atoms with Crippen LogP contribution in [0.15, 0.2) is 48.5 Å². The summed E-state index contributed by atoms with van der Waals surface area (Å²) < 4.78 is 77.1. The summed E-state index contributed by atoms with van der Waals surface area (Å²) in [4.78, 5) is 0. The Morgan fingerprint density at radius 2 is 0.872 bits per heavy atom. The molecule has 0 fully saturated rings. The van der Waals surface area contributed by atoms with E-state index in [-0.39, 0.29) is 6.61 Å². The van der Waals surface area contributed by atoms with Crippen molar-refractivity contribution in [2.24, 2.45) is 0 Å². The second kappa shape index (κ2) is 15.7. The largest absolute Gasteiger partial charge is 0.494 e. The molecule has 0 spiro atoms. The maximum Gasteiger partial charge on any atom is 0.206 e. The lowest BCUT2D eigenvalue weighted by Gasteiger charge is -2.10. The van der Waals surface area contributed by atoms with Gasteiger partial charge in [-0.3, -0.25) is 0 Å². The second-order valence-electron chi connectivity index (χ2n) is 9.35. The zero-order valence-electron chi connectivity index (χ0n) is 21.8. The van der Waals surface area contributed by atoms with Gasteiger partial charge in [0.1, 0.15) is 5.75 Å². The highest BCUT2D eigenvalue weighted by molar-refractivity contribution is 5.64. The highest BCUT2D eigenvalue weighted by Crippen LogP contribution is 2.29. The van der Waals surface area contributed by atoms with E-state index in [0.29, 0.717) is 18.6 Å². The molecule has 3 nitrogen and oxygen atoms in total. The van der Waals surface area contributed by atoms with E-state index in [1.54, 1.807) is 12.1 Å². The maximum atomic E-state index is 13.6. The van der Waals surface area contributed by atoms with Crippen molar-refractivity contribution in [2.45, 2.75) is 64.2 Å². The first-order valence-electron chi connectivity index (χ1n) is 13.3. The Bertz CT molecular complexity index is 1190. The van der Waals surface area contributed by atoms with Gasteiger partial charge in [-0.05, 0) is 48.2 Å². The Labute approximate surface area is 226 Å². The van der Waals surface area contributed by atoms with Crippen molar-refractivity contribution >= 4 is 0 Å². The normalized spacial score (nSPS) is 10.9. The standard InChI is InChI=1S/C31H32F5NO2/c32-26-27(33)29(35)31(30(36)28(26)34)39-20-10-8-6-4-2-1-3-5-7-9-19-38-25-17-15-24(16-18-25)23-13-11-22(21-37)12-14-23/h11-18H,1-10,19-20H2. The number of unbranched alkanes of at least 4 members (excludes halogenated alkanes) is 9. The zero-order chi connectivity index (χ0) is 28.0. The van der Waals surface area contributed by atoms with Crippen LogP contribution in [0.3, 0.4) is 0 Å². The van der Waals surface area contributed by atoms with Crippen molar-refractivity contribution in [2.75, 3.05) is 13.2 Å². The molecule has 3 aromatic carbocycles. The van der Waals surface area contributed by atoms with E-state index in [1.165, 1.54) is 0 Å². The van der Waals surface area contributed by atoms with Crippen LogP contribution in [0.4, 0.5) is 22.0 Å². The number of nitriles is 1. The van der Waals surface area contributed by atoms with Crippen molar-refractivity contribution in [1.82, 2.24) is 0 Å². The number of hydrogen-bond acceptors (Lipinski definition) is 3. The monoisotopic (exact) mass is 545 g/mol. The minimum Gasteiger partial charge on any atom is -0.494 e. The highest BCUT2D eigenvalue weighted by Gasteiger charge is 2.26. The molecule has 3 aromatic rings. The van der Waals surface area contributed by atoms with Crippen LogP contribution in [0.1, 0.15) is 69.8 Å². The molecule has 0 saturated heterocycles. The summed E-state index contributed by atoms with van der Waals surface area (Å²) in [5.41, 5.74) is 2.77. The third kappa shape index (κ3) is 8.98. The molecule has 0 amide bonds. The van der Waals surface area contributed by atoms with E-state index in [0.717, 1.165) is 74.7 Å². The van der Waals surface area contributed by atoms with Crippen molar-refractivity contribution in [1.29, 1.82) is 5.26 Å². The van der Waals surface area contributed by atoms with Crippen molar-refractivity contribution < 1.29 is 31.4 Å². The number of halogens is 5. The first-order valence-corrected chi connectivity index (χ1v) is 13.3.